The average Bonchev–Trinajstić information content (AvgIpc) is 2.86. The van der Waals surface area contributed by atoms with E-state index in [9.17, 15) is 22.8 Å². The summed E-state index contributed by atoms with van der Waals surface area (Å²) in [5.41, 5.74) is 0.0387. The first-order valence-corrected chi connectivity index (χ1v) is 7.19. The zero-order valence-electron chi connectivity index (χ0n) is 11.6. The molecule has 0 unspecified atom stereocenters. The predicted molar refractivity (Wildman–Crippen MR) is 76.4 cm³/mol. The van der Waals surface area contributed by atoms with E-state index < -0.39 is 23.6 Å². The first-order chi connectivity index (χ1) is 10.2. The Kier molecular flexibility index (Phi) is 3.14. The van der Waals surface area contributed by atoms with Crippen LogP contribution < -0.4 is 4.90 Å². The fourth-order valence-electron chi connectivity index (χ4n) is 2.40. The lowest BCUT2D eigenvalue weighted by molar-refractivity contribution is -0.137. The molecule has 0 radical (unpaired) electrons. The molecule has 2 amide bonds. The number of hydrogen-bond acceptors (Lipinski definition) is 3. The SMILES string of the molecule is Cc1sc2c(c1C)C(=O)N(c1cccc(C(F)(F)F)c1)C2=O. The van der Waals surface area contributed by atoms with Crippen molar-refractivity contribution < 1.29 is 22.8 Å². The van der Waals surface area contributed by atoms with Crippen molar-refractivity contribution in [3.8, 4) is 0 Å². The third-order valence-electron chi connectivity index (χ3n) is 3.63. The molecule has 22 heavy (non-hydrogen) atoms. The van der Waals surface area contributed by atoms with Crippen LogP contribution in [0.1, 0.15) is 36.0 Å². The number of carbonyl (C=O) groups is 2. The van der Waals surface area contributed by atoms with Gasteiger partial charge in [-0.15, -0.1) is 11.3 Å². The van der Waals surface area contributed by atoms with Crippen LogP contribution in [0.2, 0.25) is 0 Å². The van der Waals surface area contributed by atoms with Gasteiger partial charge in [-0.05, 0) is 37.6 Å². The van der Waals surface area contributed by atoms with Crippen molar-refractivity contribution in [2.24, 2.45) is 0 Å². The van der Waals surface area contributed by atoms with Gasteiger partial charge in [-0.3, -0.25) is 9.59 Å². The molecule has 3 rings (SSSR count). The quantitative estimate of drug-likeness (QED) is 0.738. The summed E-state index contributed by atoms with van der Waals surface area (Å²) in [4.78, 5) is 26.8. The molecule has 1 aliphatic heterocycles. The first-order valence-electron chi connectivity index (χ1n) is 6.38. The molecule has 0 atom stereocenters. The lowest BCUT2D eigenvalue weighted by Crippen LogP contribution is -2.30. The van der Waals surface area contributed by atoms with E-state index in [1.54, 1.807) is 13.8 Å². The highest BCUT2D eigenvalue weighted by Gasteiger charge is 2.41. The molecule has 1 aromatic heterocycles. The van der Waals surface area contributed by atoms with Gasteiger partial charge in [0.1, 0.15) is 4.88 Å². The molecule has 0 aliphatic carbocycles. The van der Waals surface area contributed by atoms with Crippen LogP contribution in [0, 0.1) is 13.8 Å². The summed E-state index contributed by atoms with van der Waals surface area (Å²) in [6, 6.07) is 4.22. The summed E-state index contributed by atoms with van der Waals surface area (Å²) in [6.45, 7) is 3.53. The van der Waals surface area contributed by atoms with Crippen LogP contribution in [-0.2, 0) is 6.18 Å². The summed E-state index contributed by atoms with van der Waals surface area (Å²) in [5, 5.41) is 0. The Morgan fingerprint density at radius 1 is 1.09 bits per heavy atom. The Balaban J connectivity index is 2.08. The van der Waals surface area contributed by atoms with Gasteiger partial charge in [0.15, 0.2) is 0 Å². The molecular weight excluding hydrogens is 315 g/mol. The number of imide groups is 1. The number of alkyl halides is 3. The number of halogens is 3. The van der Waals surface area contributed by atoms with Crippen LogP contribution in [0.4, 0.5) is 18.9 Å². The second-order valence-electron chi connectivity index (χ2n) is 4.98. The molecule has 2 aromatic rings. The summed E-state index contributed by atoms with van der Waals surface area (Å²) in [5.74, 6) is -1.14. The highest BCUT2D eigenvalue weighted by Crippen LogP contribution is 2.38. The normalized spacial score (nSPS) is 14.7. The summed E-state index contributed by atoms with van der Waals surface area (Å²) < 4.78 is 38.3. The molecule has 2 heterocycles. The molecule has 0 spiro atoms. The Bertz CT molecular complexity index is 808. The van der Waals surface area contributed by atoms with E-state index in [2.05, 4.69) is 0 Å². The van der Waals surface area contributed by atoms with E-state index in [1.165, 1.54) is 23.5 Å². The molecule has 1 aromatic carbocycles. The van der Waals surface area contributed by atoms with Gasteiger partial charge in [0.25, 0.3) is 11.8 Å². The van der Waals surface area contributed by atoms with E-state index in [4.69, 9.17) is 0 Å². The molecule has 3 nitrogen and oxygen atoms in total. The summed E-state index contributed by atoms with van der Waals surface area (Å²) >= 11 is 1.19. The molecule has 0 fully saturated rings. The number of hydrogen-bond donors (Lipinski definition) is 0. The number of amides is 2. The van der Waals surface area contributed by atoms with Gasteiger partial charge in [0.2, 0.25) is 0 Å². The fraction of sp³-hybridized carbons (Fsp3) is 0.200. The number of benzene rings is 1. The molecule has 0 N–H and O–H groups in total. The Morgan fingerprint density at radius 2 is 1.77 bits per heavy atom. The topological polar surface area (TPSA) is 37.4 Å². The number of carbonyl (C=O) groups excluding carboxylic acids is 2. The van der Waals surface area contributed by atoms with Crippen molar-refractivity contribution in [2.75, 3.05) is 4.90 Å². The zero-order valence-corrected chi connectivity index (χ0v) is 12.4. The average molecular weight is 325 g/mol. The molecule has 1 aliphatic rings. The minimum absolute atomic E-state index is 0.0646. The van der Waals surface area contributed by atoms with Gasteiger partial charge in [0, 0.05) is 4.88 Å². The maximum absolute atomic E-state index is 12.8. The summed E-state index contributed by atoms with van der Waals surface area (Å²) in [6.07, 6.45) is -4.53. The van der Waals surface area contributed by atoms with E-state index in [-0.39, 0.29) is 10.6 Å². The maximum Gasteiger partial charge on any atom is 0.416 e. The molecule has 7 heteroatoms. The largest absolute Gasteiger partial charge is 0.416 e. The number of nitrogens with zero attached hydrogens (tertiary/aromatic N) is 1. The zero-order chi connectivity index (χ0) is 16.2. The Morgan fingerprint density at radius 3 is 2.36 bits per heavy atom. The second kappa shape index (κ2) is 4.67. The fourth-order valence-corrected chi connectivity index (χ4v) is 3.48. The van der Waals surface area contributed by atoms with E-state index in [1.807, 2.05) is 0 Å². The van der Waals surface area contributed by atoms with Gasteiger partial charge in [-0.25, -0.2) is 4.90 Å². The standard InChI is InChI=1S/C15H10F3NO2S/c1-7-8(2)22-12-11(7)13(20)19(14(12)21)10-5-3-4-9(6-10)15(16,17)18/h3-6H,1-2H3. The molecule has 0 bridgehead atoms. The highest BCUT2D eigenvalue weighted by molar-refractivity contribution is 7.15. The van der Waals surface area contributed by atoms with E-state index in [0.717, 1.165) is 21.9 Å². The van der Waals surface area contributed by atoms with Gasteiger partial charge in [-0.2, -0.15) is 13.2 Å². The highest BCUT2D eigenvalue weighted by atomic mass is 32.1. The second-order valence-corrected chi connectivity index (χ2v) is 6.21. The van der Waals surface area contributed by atoms with Crippen LogP contribution in [0.3, 0.4) is 0 Å². The van der Waals surface area contributed by atoms with Crippen molar-refractivity contribution in [3.63, 3.8) is 0 Å². The Labute approximate surface area is 128 Å². The van der Waals surface area contributed by atoms with Gasteiger partial charge in [0.05, 0.1) is 16.8 Å². The number of fused-ring (bicyclic) bond motifs is 1. The molecule has 114 valence electrons. The van der Waals surface area contributed by atoms with Gasteiger partial charge in [-0.1, -0.05) is 6.07 Å². The first kappa shape index (κ1) is 14.8. The number of aryl methyl sites for hydroxylation is 1. The van der Waals surface area contributed by atoms with Crippen LogP contribution in [0.25, 0.3) is 0 Å². The number of rotatable bonds is 1. The molecule has 0 saturated carbocycles. The Hall–Kier alpha value is -2.15. The monoisotopic (exact) mass is 325 g/mol. The van der Waals surface area contributed by atoms with E-state index in [0.29, 0.717) is 11.1 Å². The smallest absolute Gasteiger partial charge is 0.268 e. The minimum atomic E-state index is -4.53. The number of anilines is 1. The minimum Gasteiger partial charge on any atom is -0.268 e. The van der Waals surface area contributed by atoms with E-state index >= 15 is 0 Å². The third kappa shape index (κ3) is 2.04. The third-order valence-corrected chi connectivity index (χ3v) is 4.83. The number of thiophene rings is 1. The molecular formula is C15H10F3NO2S. The van der Waals surface area contributed by atoms with Crippen LogP contribution in [0.15, 0.2) is 24.3 Å². The van der Waals surface area contributed by atoms with Crippen molar-refractivity contribution in [1.29, 1.82) is 0 Å². The lowest BCUT2D eigenvalue weighted by atomic mass is 10.1. The summed E-state index contributed by atoms with van der Waals surface area (Å²) in [7, 11) is 0. The predicted octanol–water partition coefficient (Wildman–Crippen LogP) is 4.18. The van der Waals surface area contributed by atoms with Crippen molar-refractivity contribution in [1.82, 2.24) is 0 Å². The van der Waals surface area contributed by atoms with Gasteiger partial charge < -0.3 is 0 Å². The van der Waals surface area contributed by atoms with Crippen LogP contribution in [-0.4, -0.2) is 11.8 Å². The van der Waals surface area contributed by atoms with Crippen molar-refractivity contribution in [2.45, 2.75) is 20.0 Å². The van der Waals surface area contributed by atoms with Crippen LogP contribution >= 0.6 is 11.3 Å². The molecule has 0 saturated heterocycles. The maximum atomic E-state index is 12.8. The van der Waals surface area contributed by atoms with Gasteiger partial charge >= 0.3 is 6.18 Å². The van der Waals surface area contributed by atoms with Crippen LogP contribution in [0.5, 0.6) is 0 Å². The van der Waals surface area contributed by atoms with Crippen molar-refractivity contribution >= 4 is 28.8 Å². The van der Waals surface area contributed by atoms with Crippen molar-refractivity contribution in [3.05, 3.63) is 50.7 Å². The lowest BCUT2D eigenvalue weighted by Gasteiger charge is -2.16.